The second-order valence-corrected chi connectivity index (χ2v) is 7.64. The molecule has 2 unspecified atom stereocenters. The van der Waals surface area contributed by atoms with Crippen LogP contribution in [0.5, 0.6) is 5.88 Å². The molecule has 1 aliphatic rings. The lowest BCUT2D eigenvalue weighted by Crippen LogP contribution is -2.33. The van der Waals surface area contributed by atoms with Gasteiger partial charge in [-0.1, -0.05) is 32.9 Å². The molecule has 1 amide bonds. The van der Waals surface area contributed by atoms with E-state index in [1.54, 1.807) is 12.0 Å². The minimum absolute atomic E-state index is 0.0652. The molecule has 1 saturated heterocycles. The molecule has 7 nitrogen and oxygen atoms in total. The van der Waals surface area contributed by atoms with Gasteiger partial charge in [0, 0.05) is 19.2 Å². The maximum Gasteiger partial charge on any atom is 0.416 e. The van der Waals surface area contributed by atoms with Gasteiger partial charge in [0.15, 0.2) is 0 Å². The van der Waals surface area contributed by atoms with E-state index in [0.717, 1.165) is 41.6 Å². The standard InChI is InChI=1S/C22H28N4O3/c1-5-14(3)19-16(6-2)20(29-22(27)25-12-11-15(13-25)28-4)26-18-10-8-7-9-17(18)23-21(26)24-19/h7-10,14-15H,5-6,11-13H2,1-4H3. The summed E-state index contributed by atoms with van der Waals surface area (Å²) < 4.78 is 13.3. The van der Waals surface area contributed by atoms with Crippen LogP contribution in [-0.4, -0.2) is 51.7 Å². The third kappa shape index (κ3) is 3.44. The maximum atomic E-state index is 13.0. The van der Waals surface area contributed by atoms with Crippen LogP contribution in [0.2, 0.25) is 0 Å². The van der Waals surface area contributed by atoms with Crippen molar-refractivity contribution in [3.05, 3.63) is 35.5 Å². The highest BCUT2D eigenvalue weighted by Gasteiger charge is 2.30. The third-order valence-electron chi connectivity index (χ3n) is 5.89. The van der Waals surface area contributed by atoms with E-state index < -0.39 is 0 Å². The van der Waals surface area contributed by atoms with Gasteiger partial charge in [-0.3, -0.25) is 0 Å². The lowest BCUT2D eigenvalue weighted by Gasteiger charge is -2.21. The van der Waals surface area contributed by atoms with Crippen LogP contribution < -0.4 is 4.74 Å². The number of amides is 1. The Hall–Kier alpha value is -2.67. The number of hydrogen-bond acceptors (Lipinski definition) is 5. The molecule has 0 N–H and O–H groups in total. The van der Waals surface area contributed by atoms with Crippen molar-refractivity contribution in [1.29, 1.82) is 0 Å². The molecule has 154 valence electrons. The minimum atomic E-state index is -0.348. The molecule has 3 aromatic rings. The molecule has 4 rings (SSSR count). The van der Waals surface area contributed by atoms with Gasteiger partial charge in [0.25, 0.3) is 0 Å². The molecule has 0 aliphatic carbocycles. The Kier molecular flexibility index (Phi) is 5.41. The van der Waals surface area contributed by atoms with Crippen molar-refractivity contribution in [2.24, 2.45) is 0 Å². The highest BCUT2D eigenvalue weighted by atomic mass is 16.6. The van der Waals surface area contributed by atoms with Gasteiger partial charge in [0.05, 0.1) is 29.4 Å². The quantitative estimate of drug-likeness (QED) is 0.647. The fourth-order valence-corrected chi connectivity index (χ4v) is 3.98. The first-order valence-corrected chi connectivity index (χ1v) is 10.4. The summed E-state index contributed by atoms with van der Waals surface area (Å²) in [7, 11) is 1.68. The van der Waals surface area contributed by atoms with Gasteiger partial charge in [-0.2, -0.15) is 0 Å². The van der Waals surface area contributed by atoms with E-state index in [4.69, 9.17) is 14.5 Å². The SMILES string of the molecule is CCc1c(C(C)CC)nc2nc3ccccc3n2c1OC(=O)N1CCC(OC)C1. The van der Waals surface area contributed by atoms with Crippen LogP contribution in [0.25, 0.3) is 16.8 Å². The Morgan fingerprint density at radius 3 is 2.76 bits per heavy atom. The molecule has 0 saturated carbocycles. The van der Waals surface area contributed by atoms with Crippen LogP contribution in [-0.2, 0) is 11.2 Å². The minimum Gasteiger partial charge on any atom is -0.392 e. The molecule has 2 atom stereocenters. The molecule has 0 spiro atoms. The summed E-state index contributed by atoms with van der Waals surface area (Å²) in [5.41, 5.74) is 3.64. The zero-order chi connectivity index (χ0) is 20.5. The van der Waals surface area contributed by atoms with Crippen LogP contribution in [0, 0.1) is 0 Å². The molecule has 3 heterocycles. The number of ether oxygens (including phenoxy) is 2. The van der Waals surface area contributed by atoms with Gasteiger partial charge in [-0.05, 0) is 37.3 Å². The van der Waals surface area contributed by atoms with E-state index in [9.17, 15) is 4.79 Å². The fourth-order valence-electron chi connectivity index (χ4n) is 3.98. The van der Waals surface area contributed by atoms with Gasteiger partial charge < -0.3 is 14.4 Å². The van der Waals surface area contributed by atoms with Crippen molar-refractivity contribution in [3.63, 3.8) is 0 Å². The number of benzene rings is 1. The first-order chi connectivity index (χ1) is 14.1. The molecular formula is C22H28N4O3. The van der Waals surface area contributed by atoms with Gasteiger partial charge in [-0.25, -0.2) is 19.2 Å². The van der Waals surface area contributed by atoms with Crippen LogP contribution >= 0.6 is 0 Å². The van der Waals surface area contributed by atoms with E-state index in [1.165, 1.54) is 0 Å². The average Bonchev–Trinajstić information content (AvgIpc) is 3.37. The summed E-state index contributed by atoms with van der Waals surface area (Å²) in [6.07, 6.45) is 2.21. The molecule has 2 aromatic heterocycles. The highest BCUT2D eigenvalue weighted by molar-refractivity contribution is 5.81. The normalized spacial score (nSPS) is 17.9. The summed E-state index contributed by atoms with van der Waals surface area (Å²) in [4.78, 5) is 24.3. The number of methoxy groups -OCH3 is 1. The largest absolute Gasteiger partial charge is 0.416 e. The number of fused-ring (bicyclic) bond motifs is 3. The Bertz CT molecular complexity index is 1050. The molecule has 0 radical (unpaired) electrons. The van der Waals surface area contributed by atoms with Gasteiger partial charge in [0.1, 0.15) is 0 Å². The number of para-hydroxylation sites is 2. The summed E-state index contributed by atoms with van der Waals surface area (Å²) >= 11 is 0. The zero-order valence-electron chi connectivity index (χ0n) is 17.5. The summed E-state index contributed by atoms with van der Waals surface area (Å²) in [6.45, 7) is 7.54. The smallest absolute Gasteiger partial charge is 0.392 e. The van der Waals surface area contributed by atoms with E-state index in [-0.39, 0.29) is 18.1 Å². The number of imidazole rings is 1. The van der Waals surface area contributed by atoms with Gasteiger partial charge in [0.2, 0.25) is 11.7 Å². The van der Waals surface area contributed by atoms with Crippen LogP contribution in [0.4, 0.5) is 4.79 Å². The molecule has 29 heavy (non-hydrogen) atoms. The van der Waals surface area contributed by atoms with Gasteiger partial charge >= 0.3 is 6.09 Å². The van der Waals surface area contributed by atoms with Crippen LogP contribution in [0.15, 0.2) is 24.3 Å². The van der Waals surface area contributed by atoms with E-state index in [2.05, 4.69) is 25.8 Å². The highest BCUT2D eigenvalue weighted by Crippen LogP contribution is 2.33. The first-order valence-electron chi connectivity index (χ1n) is 10.4. The Labute approximate surface area is 170 Å². The molecule has 0 bridgehead atoms. The Morgan fingerprint density at radius 2 is 2.07 bits per heavy atom. The van der Waals surface area contributed by atoms with E-state index in [0.29, 0.717) is 24.7 Å². The van der Waals surface area contributed by atoms with Gasteiger partial charge in [-0.15, -0.1) is 0 Å². The fraction of sp³-hybridized carbons (Fsp3) is 0.500. The van der Waals surface area contributed by atoms with Crippen molar-refractivity contribution >= 4 is 22.9 Å². The topological polar surface area (TPSA) is 69.0 Å². The molecule has 1 aromatic carbocycles. The van der Waals surface area contributed by atoms with Crippen molar-refractivity contribution < 1.29 is 14.3 Å². The second-order valence-electron chi connectivity index (χ2n) is 7.64. The van der Waals surface area contributed by atoms with Crippen LogP contribution in [0.1, 0.15) is 50.8 Å². The summed E-state index contributed by atoms with van der Waals surface area (Å²) in [5.74, 6) is 1.35. The molecule has 1 aliphatic heterocycles. The van der Waals surface area contributed by atoms with Crippen molar-refractivity contribution in [2.45, 2.75) is 52.1 Å². The Morgan fingerprint density at radius 1 is 1.28 bits per heavy atom. The number of aromatic nitrogens is 3. The number of likely N-dealkylation sites (tertiary alicyclic amines) is 1. The molecule has 1 fully saturated rings. The first kappa shape index (κ1) is 19.6. The van der Waals surface area contributed by atoms with Crippen LogP contribution in [0.3, 0.4) is 0 Å². The lowest BCUT2D eigenvalue weighted by atomic mass is 9.99. The monoisotopic (exact) mass is 396 g/mol. The lowest BCUT2D eigenvalue weighted by molar-refractivity contribution is 0.104. The summed E-state index contributed by atoms with van der Waals surface area (Å²) in [5, 5.41) is 0. The molecule has 7 heteroatoms. The predicted octanol–water partition coefficient (Wildman–Crippen LogP) is 4.18. The van der Waals surface area contributed by atoms with Crippen molar-refractivity contribution in [2.75, 3.05) is 20.2 Å². The second kappa shape index (κ2) is 7.99. The predicted molar refractivity (Wildman–Crippen MR) is 112 cm³/mol. The number of hydrogen-bond donors (Lipinski definition) is 0. The van der Waals surface area contributed by atoms with E-state index in [1.807, 2.05) is 28.7 Å². The Balaban J connectivity index is 1.86. The number of carbonyl (C=O) groups is 1. The number of carbonyl (C=O) groups excluding carboxylic acids is 1. The zero-order valence-corrected chi connectivity index (χ0v) is 17.5. The van der Waals surface area contributed by atoms with E-state index >= 15 is 0 Å². The average molecular weight is 396 g/mol. The maximum absolute atomic E-state index is 13.0. The van der Waals surface area contributed by atoms with Crippen molar-refractivity contribution in [1.82, 2.24) is 19.3 Å². The number of rotatable bonds is 5. The number of nitrogens with zero attached hydrogens (tertiary/aromatic N) is 4. The third-order valence-corrected chi connectivity index (χ3v) is 5.89. The molecular weight excluding hydrogens is 368 g/mol. The summed E-state index contributed by atoms with van der Waals surface area (Å²) in [6, 6.07) is 7.84. The van der Waals surface area contributed by atoms with Crippen molar-refractivity contribution in [3.8, 4) is 5.88 Å².